The third kappa shape index (κ3) is 6.24. The van der Waals surface area contributed by atoms with E-state index >= 15 is 0 Å². The van der Waals surface area contributed by atoms with Crippen LogP contribution in [0.1, 0.15) is 80.4 Å². The van der Waals surface area contributed by atoms with Crippen LogP contribution in [0.2, 0.25) is 0 Å². The first-order chi connectivity index (χ1) is 15.9. The highest BCUT2D eigenvalue weighted by Gasteiger charge is 2.35. The molecule has 2 aromatic carbocycles. The molecule has 2 N–H and O–H groups in total. The number of sulfonamides is 1. The minimum absolute atomic E-state index is 0.0186. The quantitative estimate of drug-likeness (QED) is 0.512. The first-order valence-electron chi connectivity index (χ1n) is 12.2. The van der Waals surface area contributed by atoms with Crippen LogP contribution in [0.4, 0.5) is 0 Å². The number of hydrogen-bond donors (Lipinski definition) is 2. The summed E-state index contributed by atoms with van der Waals surface area (Å²) >= 11 is 0. The Balaban J connectivity index is 1.41. The van der Waals surface area contributed by atoms with Gasteiger partial charge in [0.05, 0.1) is 11.3 Å². The first kappa shape index (κ1) is 24.0. The molecule has 2 aliphatic carbocycles. The SMILES string of the molecule is O=C(O)Cc1ccc(CC2(CNS(=O)(=O)c3ccc(C4CCCCC4)cc3)CCCC2)cc1. The van der Waals surface area contributed by atoms with Crippen LogP contribution in [0.25, 0.3) is 0 Å². The molecule has 5 nitrogen and oxygen atoms in total. The van der Waals surface area contributed by atoms with Gasteiger partial charge in [0.25, 0.3) is 0 Å². The van der Waals surface area contributed by atoms with E-state index in [9.17, 15) is 13.2 Å². The average Bonchev–Trinajstić information content (AvgIpc) is 3.28. The van der Waals surface area contributed by atoms with Crippen molar-refractivity contribution in [3.8, 4) is 0 Å². The maximum absolute atomic E-state index is 13.1. The topological polar surface area (TPSA) is 83.5 Å². The molecular weight excluding hydrogens is 434 g/mol. The number of carbonyl (C=O) groups is 1. The lowest BCUT2D eigenvalue weighted by Crippen LogP contribution is -2.37. The van der Waals surface area contributed by atoms with Gasteiger partial charge in [0, 0.05) is 6.54 Å². The summed E-state index contributed by atoms with van der Waals surface area (Å²) in [4.78, 5) is 11.3. The molecule has 0 spiro atoms. The summed E-state index contributed by atoms with van der Waals surface area (Å²) in [6.45, 7) is 0.427. The molecule has 2 fully saturated rings. The van der Waals surface area contributed by atoms with Gasteiger partial charge in [-0.15, -0.1) is 0 Å². The summed E-state index contributed by atoms with van der Waals surface area (Å²) in [5, 5.41) is 8.96. The Morgan fingerprint density at radius 3 is 2.09 bits per heavy atom. The van der Waals surface area contributed by atoms with Gasteiger partial charge >= 0.3 is 5.97 Å². The number of benzene rings is 2. The van der Waals surface area contributed by atoms with Crippen molar-refractivity contribution in [3.63, 3.8) is 0 Å². The van der Waals surface area contributed by atoms with Gasteiger partial charge in [-0.2, -0.15) is 0 Å². The first-order valence-corrected chi connectivity index (χ1v) is 13.7. The Morgan fingerprint density at radius 1 is 0.879 bits per heavy atom. The number of aliphatic carboxylic acids is 1. The number of nitrogens with one attached hydrogen (secondary N) is 1. The van der Waals surface area contributed by atoms with Crippen LogP contribution in [0.5, 0.6) is 0 Å². The standard InChI is InChI=1S/C27H35NO4S/c29-26(30)18-21-8-10-22(11-9-21)19-27(16-4-5-17-27)20-28-33(31,32)25-14-12-24(13-15-25)23-6-2-1-3-7-23/h8-15,23,28H,1-7,16-20H2,(H,29,30). The van der Waals surface area contributed by atoms with E-state index in [4.69, 9.17) is 5.11 Å². The molecule has 178 valence electrons. The van der Waals surface area contributed by atoms with Crippen LogP contribution in [0.3, 0.4) is 0 Å². The van der Waals surface area contributed by atoms with Gasteiger partial charge in [0.1, 0.15) is 0 Å². The van der Waals surface area contributed by atoms with Crippen molar-refractivity contribution in [3.05, 3.63) is 65.2 Å². The molecule has 33 heavy (non-hydrogen) atoms. The fraction of sp³-hybridized carbons (Fsp3) is 0.519. The lowest BCUT2D eigenvalue weighted by atomic mass is 9.80. The molecule has 0 bridgehead atoms. The summed E-state index contributed by atoms with van der Waals surface area (Å²) in [6, 6.07) is 15.2. The summed E-state index contributed by atoms with van der Waals surface area (Å²) < 4.78 is 29.0. The second kappa shape index (κ2) is 10.4. The Labute approximate surface area is 197 Å². The highest BCUT2D eigenvalue weighted by atomic mass is 32.2. The number of carboxylic acids is 1. The van der Waals surface area contributed by atoms with Crippen molar-refractivity contribution in [1.29, 1.82) is 0 Å². The molecular formula is C27H35NO4S. The van der Waals surface area contributed by atoms with Gasteiger partial charge in [-0.3, -0.25) is 4.79 Å². The van der Waals surface area contributed by atoms with Gasteiger partial charge in [-0.1, -0.05) is 68.5 Å². The van der Waals surface area contributed by atoms with Crippen molar-refractivity contribution in [1.82, 2.24) is 4.72 Å². The fourth-order valence-electron chi connectivity index (χ4n) is 5.61. The Kier molecular flexibility index (Phi) is 7.55. The van der Waals surface area contributed by atoms with Crippen molar-refractivity contribution >= 4 is 16.0 Å². The van der Waals surface area contributed by atoms with Crippen molar-refractivity contribution in [2.45, 2.75) is 81.4 Å². The molecule has 2 saturated carbocycles. The minimum Gasteiger partial charge on any atom is -0.481 e. The highest BCUT2D eigenvalue weighted by molar-refractivity contribution is 7.89. The molecule has 0 aromatic heterocycles. The number of hydrogen-bond acceptors (Lipinski definition) is 3. The second-order valence-electron chi connectivity index (χ2n) is 10.00. The third-order valence-corrected chi connectivity index (χ3v) is 8.94. The van der Waals surface area contributed by atoms with Gasteiger partial charge in [-0.05, 0) is 72.3 Å². The molecule has 0 unspecified atom stereocenters. The van der Waals surface area contributed by atoms with E-state index in [1.54, 1.807) is 12.1 Å². The molecule has 0 aliphatic heterocycles. The van der Waals surface area contributed by atoms with E-state index in [0.717, 1.165) is 43.2 Å². The Morgan fingerprint density at radius 2 is 1.48 bits per heavy atom. The molecule has 0 amide bonds. The molecule has 2 aromatic rings. The van der Waals surface area contributed by atoms with Gasteiger partial charge < -0.3 is 5.11 Å². The largest absolute Gasteiger partial charge is 0.481 e. The number of rotatable bonds is 9. The van der Waals surface area contributed by atoms with Crippen LogP contribution in [0, 0.1) is 5.41 Å². The molecule has 0 radical (unpaired) electrons. The van der Waals surface area contributed by atoms with Crippen LogP contribution < -0.4 is 4.72 Å². The molecule has 4 rings (SSSR count). The molecule has 2 aliphatic rings. The van der Waals surface area contributed by atoms with Crippen LogP contribution >= 0.6 is 0 Å². The average molecular weight is 470 g/mol. The molecule has 6 heteroatoms. The highest BCUT2D eigenvalue weighted by Crippen LogP contribution is 2.41. The maximum atomic E-state index is 13.1. The van der Waals surface area contributed by atoms with E-state index in [1.165, 1.54) is 37.7 Å². The summed E-state index contributed by atoms with van der Waals surface area (Å²) in [5.74, 6) is -0.275. The summed E-state index contributed by atoms with van der Waals surface area (Å²) in [6.07, 6.45) is 11.2. The summed E-state index contributed by atoms with van der Waals surface area (Å²) in [5.41, 5.74) is 3.07. The third-order valence-electron chi connectivity index (χ3n) is 7.53. The summed E-state index contributed by atoms with van der Waals surface area (Å²) in [7, 11) is -3.56. The van der Waals surface area contributed by atoms with Gasteiger partial charge in [0.2, 0.25) is 10.0 Å². The zero-order chi connectivity index (χ0) is 23.3. The minimum atomic E-state index is -3.56. The molecule has 0 saturated heterocycles. The van der Waals surface area contributed by atoms with E-state index in [2.05, 4.69) is 4.72 Å². The van der Waals surface area contributed by atoms with Crippen molar-refractivity contribution in [2.75, 3.05) is 6.54 Å². The monoisotopic (exact) mass is 469 g/mol. The predicted molar refractivity (Wildman–Crippen MR) is 130 cm³/mol. The van der Waals surface area contributed by atoms with Gasteiger partial charge in [-0.25, -0.2) is 13.1 Å². The lowest BCUT2D eigenvalue weighted by Gasteiger charge is -2.29. The molecule has 0 heterocycles. The van der Waals surface area contributed by atoms with Crippen LogP contribution in [-0.2, 0) is 27.7 Å². The molecule has 0 atom stereocenters. The smallest absolute Gasteiger partial charge is 0.307 e. The lowest BCUT2D eigenvalue weighted by molar-refractivity contribution is -0.136. The van der Waals surface area contributed by atoms with E-state index < -0.39 is 16.0 Å². The van der Waals surface area contributed by atoms with Crippen molar-refractivity contribution in [2.24, 2.45) is 5.41 Å². The van der Waals surface area contributed by atoms with E-state index in [1.807, 2.05) is 36.4 Å². The zero-order valence-electron chi connectivity index (χ0n) is 19.3. The zero-order valence-corrected chi connectivity index (χ0v) is 20.1. The van der Waals surface area contributed by atoms with Crippen LogP contribution in [0.15, 0.2) is 53.4 Å². The maximum Gasteiger partial charge on any atom is 0.307 e. The van der Waals surface area contributed by atoms with E-state index in [-0.39, 0.29) is 11.8 Å². The van der Waals surface area contributed by atoms with E-state index in [0.29, 0.717) is 17.4 Å². The van der Waals surface area contributed by atoms with Gasteiger partial charge in [0.15, 0.2) is 0 Å². The Hall–Kier alpha value is -2.18. The fourth-order valence-corrected chi connectivity index (χ4v) is 6.77. The second-order valence-corrected chi connectivity index (χ2v) is 11.8. The normalized spacial score (nSPS) is 18.9. The Bertz CT molecular complexity index is 1030. The van der Waals surface area contributed by atoms with Crippen LogP contribution in [-0.4, -0.2) is 26.0 Å². The number of carboxylic acid groups (broad SMARTS) is 1. The predicted octanol–water partition coefficient (Wildman–Crippen LogP) is 5.44. The van der Waals surface area contributed by atoms with Crippen molar-refractivity contribution < 1.29 is 18.3 Å².